The largest absolute Gasteiger partial charge is 0.462 e. The molecule has 2 heterocycles. The lowest BCUT2D eigenvalue weighted by Crippen LogP contribution is -2.61. The highest BCUT2D eigenvalue weighted by Crippen LogP contribution is 2.27. The van der Waals surface area contributed by atoms with Crippen molar-refractivity contribution in [3.63, 3.8) is 0 Å². The Hall–Kier alpha value is -1.76. The number of carbonyl (C=O) groups is 2. The normalized spacial score (nSPS) is 25.2. The zero-order valence-electron chi connectivity index (χ0n) is 44.5. The number of aliphatic hydroxyl groups is 7. The Labute approximate surface area is 429 Å². The third-order valence-electron chi connectivity index (χ3n) is 14.0. The van der Waals surface area contributed by atoms with Crippen molar-refractivity contribution in [2.75, 3.05) is 26.4 Å². The summed E-state index contributed by atoms with van der Waals surface area (Å²) in [6.07, 6.45) is 28.1. The minimum Gasteiger partial charge on any atom is -0.462 e. The van der Waals surface area contributed by atoms with Crippen LogP contribution < -0.4 is 0 Å². The maximum absolute atomic E-state index is 13.1. The van der Waals surface area contributed by atoms with Crippen LogP contribution in [0.1, 0.15) is 239 Å². The number of hydrogen-bond donors (Lipinski definition) is 7. The van der Waals surface area contributed by atoms with Crippen LogP contribution in [0.15, 0.2) is 12.2 Å². The van der Waals surface area contributed by atoms with Gasteiger partial charge < -0.3 is 64.2 Å². The molecule has 0 bridgehead atoms. The first-order chi connectivity index (χ1) is 34.5. The molecule has 0 spiro atoms. The van der Waals surface area contributed by atoms with E-state index >= 15 is 0 Å². The van der Waals surface area contributed by atoms with Gasteiger partial charge in [0, 0.05) is 12.8 Å². The van der Waals surface area contributed by atoms with Crippen molar-refractivity contribution in [3.8, 4) is 0 Å². The minimum atomic E-state index is -1.76. The molecule has 0 radical (unpaired) electrons. The average molecular weight is 1020 g/mol. The smallest absolute Gasteiger partial charge is 0.306 e. The fourth-order valence-corrected chi connectivity index (χ4v) is 9.27. The third kappa shape index (κ3) is 31.0. The second-order valence-electron chi connectivity index (χ2n) is 20.5. The lowest BCUT2D eigenvalue weighted by atomic mass is 9.98. The van der Waals surface area contributed by atoms with Gasteiger partial charge in [0.1, 0.15) is 55.4 Å². The fourth-order valence-electron chi connectivity index (χ4n) is 9.27. The monoisotopic (exact) mass is 1020 g/mol. The molecular weight excluding hydrogens is 913 g/mol. The average Bonchev–Trinajstić information content (AvgIpc) is 3.36. The van der Waals surface area contributed by atoms with Crippen molar-refractivity contribution in [2.45, 2.75) is 306 Å². The van der Waals surface area contributed by atoms with E-state index in [1.165, 1.54) is 141 Å². The number of esters is 2. The second kappa shape index (κ2) is 43.5. The van der Waals surface area contributed by atoms with Gasteiger partial charge in [0.15, 0.2) is 18.7 Å². The number of carbonyl (C=O) groups excluding carboxylic acids is 2. The quantitative estimate of drug-likeness (QED) is 0.0171. The highest BCUT2D eigenvalue weighted by molar-refractivity contribution is 5.70. The molecule has 0 saturated carbocycles. The van der Waals surface area contributed by atoms with Gasteiger partial charge in [-0.3, -0.25) is 9.59 Å². The zero-order chi connectivity index (χ0) is 51.7. The standard InChI is InChI=1S/C56H104O15/c1-3-5-7-9-11-13-15-17-19-20-21-22-23-24-25-27-29-31-33-35-37-39-48(59)69-44(41-66-47(58)38-36-34-32-30-28-26-18-16-14-12-10-8-6-4-2)42-67-55-54(65)52(63)50(61)46(71-55)43-68-56-53(64)51(62)49(60)45(40-57)70-56/h16,18,44-46,49-57,60-65H,3-15,17,19-43H2,1-2H3/b18-16+/t44-,45+,46+,49-,50-,51?,52?,53?,54?,55+,56+/m1/s1. The van der Waals surface area contributed by atoms with Crippen molar-refractivity contribution >= 4 is 11.9 Å². The highest BCUT2D eigenvalue weighted by Gasteiger charge is 2.47. The Morgan fingerprint density at radius 3 is 1.24 bits per heavy atom. The van der Waals surface area contributed by atoms with Gasteiger partial charge in [0.2, 0.25) is 0 Å². The van der Waals surface area contributed by atoms with Crippen LogP contribution in [0.2, 0.25) is 0 Å². The molecule has 71 heavy (non-hydrogen) atoms. The van der Waals surface area contributed by atoms with Crippen LogP contribution in [-0.4, -0.2) is 142 Å². The molecule has 418 valence electrons. The molecule has 0 amide bonds. The van der Waals surface area contributed by atoms with Crippen LogP contribution in [0.3, 0.4) is 0 Å². The molecule has 15 nitrogen and oxygen atoms in total. The summed E-state index contributed by atoms with van der Waals surface area (Å²) in [5.41, 5.74) is 0. The van der Waals surface area contributed by atoms with Crippen molar-refractivity contribution in [1.82, 2.24) is 0 Å². The van der Waals surface area contributed by atoms with E-state index in [0.29, 0.717) is 12.8 Å². The van der Waals surface area contributed by atoms with Gasteiger partial charge >= 0.3 is 11.9 Å². The Kier molecular flexibility index (Phi) is 40.0. The second-order valence-corrected chi connectivity index (χ2v) is 20.5. The number of unbranched alkanes of at least 4 members (excludes halogenated alkanes) is 30. The number of allylic oxidation sites excluding steroid dienone is 2. The first-order valence-electron chi connectivity index (χ1n) is 28.8. The van der Waals surface area contributed by atoms with Crippen LogP contribution in [0, 0.1) is 0 Å². The summed E-state index contributed by atoms with van der Waals surface area (Å²) in [7, 11) is 0. The van der Waals surface area contributed by atoms with Crippen molar-refractivity contribution in [1.29, 1.82) is 0 Å². The maximum Gasteiger partial charge on any atom is 0.306 e. The lowest BCUT2D eigenvalue weighted by molar-refractivity contribution is -0.332. The molecule has 4 unspecified atom stereocenters. The molecule has 2 aliphatic rings. The molecule has 0 aliphatic carbocycles. The number of hydrogen-bond acceptors (Lipinski definition) is 15. The summed E-state index contributed by atoms with van der Waals surface area (Å²) in [4.78, 5) is 25.8. The Morgan fingerprint density at radius 2 is 0.803 bits per heavy atom. The maximum atomic E-state index is 13.1. The molecule has 7 N–H and O–H groups in total. The summed E-state index contributed by atoms with van der Waals surface area (Å²) < 4.78 is 33.7. The summed E-state index contributed by atoms with van der Waals surface area (Å²) in [5, 5.41) is 72.2. The fraction of sp³-hybridized carbons (Fsp3) is 0.929. The predicted molar refractivity (Wildman–Crippen MR) is 275 cm³/mol. The van der Waals surface area contributed by atoms with Gasteiger partial charge in [0.25, 0.3) is 0 Å². The van der Waals surface area contributed by atoms with Crippen LogP contribution in [0.5, 0.6) is 0 Å². The van der Waals surface area contributed by atoms with Crippen LogP contribution in [-0.2, 0) is 38.0 Å². The predicted octanol–water partition coefficient (Wildman–Crippen LogP) is 9.33. The van der Waals surface area contributed by atoms with E-state index in [1.807, 2.05) is 0 Å². The van der Waals surface area contributed by atoms with E-state index in [2.05, 4.69) is 26.0 Å². The molecule has 2 rings (SSSR count). The molecule has 0 aromatic heterocycles. The molecule has 0 aromatic rings. The SMILES string of the molecule is CCCCCCC/C=C/CCCCCCCC(=O)OC[C@H](CO[C@H]1O[C@@H](CO[C@H]2O[C@@H](CO)[C@@H](O)C(O)C2O)[C@@H](O)C(O)C1O)OC(=O)CCCCCCCCCCCCCCCCCCCCCCC. The summed E-state index contributed by atoms with van der Waals surface area (Å²) in [5.74, 6) is -0.921. The van der Waals surface area contributed by atoms with Gasteiger partial charge in [-0.1, -0.05) is 199 Å². The highest BCUT2D eigenvalue weighted by atomic mass is 16.7. The van der Waals surface area contributed by atoms with E-state index in [4.69, 9.17) is 28.4 Å². The Bertz CT molecular complexity index is 1290. The first kappa shape index (κ1) is 65.4. The van der Waals surface area contributed by atoms with E-state index in [-0.39, 0.29) is 26.1 Å². The molecule has 2 fully saturated rings. The first-order valence-corrected chi connectivity index (χ1v) is 28.8. The Balaban J connectivity index is 1.74. The van der Waals surface area contributed by atoms with Crippen molar-refractivity contribution < 1.29 is 73.8 Å². The van der Waals surface area contributed by atoms with Crippen molar-refractivity contribution in [3.05, 3.63) is 12.2 Å². The lowest BCUT2D eigenvalue weighted by Gasteiger charge is -2.42. The van der Waals surface area contributed by atoms with E-state index in [9.17, 15) is 45.3 Å². The number of ether oxygens (including phenoxy) is 6. The molecule has 2 aliphatic heterocycles. The Morgan fingerprint density at radius 1 is 0.437 bits per heavy atom. The molecule has 0 aromatic carbocycles. The van der Waals surface area contributed by atoms with Gasteiger partial charge in [-0.15, -0.1) is 0 Å². The number of rotatable bonds is 46. The topological polar surface area (TPSA) is 231 Å². The summed E-state index contributed by atoms with van der Waals surface area (Å²) >= 11 is 0. The van der Waals surface area contributed by atoms with E-state index < -0.39 is 92.7 Å². The zero-order valence-corrected chi connectivity index (χ0v) is 44.5. The van der Waals surface area contributed by atoms with Gasteiger partial charge in [-0.2, -0.15) is 0 Å². The minimum absolute atomic E-state index is 0.170. The summed E-state index contributed by atoms with van der Waals surface area (Å²) in [6.45, 7) is 2.62. The molecular formula is C56H104O15. The van der Waals surface area contributed by atoms with Crippen LogP contribution in [0.4, 0.5) is 0 Å². The molecule has 15 heteroatoms. The molecule has 2 saturated heterocycles. The third-order valence-corrected chi connectivity index (χ3v) is 14.0. The van der Waals surface area contributed by atoms with Crippen LogP contribution in [0.25, 0.3) is 0 Å². The van der Waals surface area contributed by atoms with Gasteiger partial charge in [-0.25, -0.2) is 0 Å². The van der Waals surface area contributed by atoms with Gasteiger partial charge in [0.05, 0.1) is 19.8 Å². The van der Waals surface area contributed by atoms with E-state index in [1.54, 1.807) is 0 Å². The van der Waals surface area contributed by atoms with Crippen LogP contribution >= 0.6 is 0 Å². The van der Waals surface area contributed by atoms with Gasteiger partial charge in [-0.05, 0) is 38.5 Å². The number of aliphatic hydroxyl groups excluding tert-OH is 7. The van der Waals surface area contributed by atoms with E-state index in [0.717, 1.165) is 57.8 Å². The van der Waals surface area contributed by atoms with Crippen molar-refractivity contribution in [2.24, 2.45) is 0 Å². The summed E-state index contributed by atoms with van der Waals surface area (Å²) in [6, 6.07) is 0. The molecule has 11 atom stereocenters.